The van der Waals surface area contributed by atoms with Crippen LogP contribution in [0.4, 0.5) is 9.59 Å². The molecule has 0 saturated carbocycles. The molecule has 0 spiro atoms. The highest BCUT2D eigenvalue weighted by Crippen LogP contribution is 2.08. The lowest BCUT2D eigenvalue weighted by Gasteiger charge is -2.21. The van der Waals surface area contributed by atoms with Crippen LogP contribution in [-0.4, -0.2) is 64.6 Å². The SMILES string of the molecule is CC(C)(C)OC(=O)N=C(CNCCC(O)C(=O)O)NC(=O)OC(C)(C)C. The van der Waals surface area contributed by atoms with Gasteiger partial charge in [0.15, 0.2) is 6.10 Å². The van der Waals surface area contributed by atoms with Crippen LogP contribution < -0.4 is 10.6 Å². The number of carbonyl (C=O) groups excluding carboxylic acids is 2. The number of ether oxygens (including phenoxy) is 2. The molecule has 0 aliphatic carbocycles. The molecule has 0 fully saturated rings. The highest BCUT2D eigenvalue weighted by molar-refractivity contribution is 6.01. The molecule has 10 heteroatoms. The Bertz CT molecular complexity index is 533. The number of aliphatic carboxylic acids is 1. The van der Waals surface area contributed by atoms with Crippen LogP contribution >= 0.6 is 0 Å². The van der Waals surface area contributed by atoms with E-state index in [0.29, 0.717) is 0 Å². The van der Waals surface area contributed by atoms with Crippen molar-refractivity contribution in [3.8, 4) is 0 Å². The first-order valence-corrected chi connectivity index (χ1v) is 8.12. The Hall–Kier alpha value is -2.20. The van der Waals surface area contributed by atoms with Crippen LogP contribution in [0.15, 0.2) is 4.99 Å². The van der Waals surface area contributed by atoms with Gasteiger partial charge in [-0.1, -0.05) is 0 Å². The number of nitrogens with zero attached hydrogens (tertiary/aromatic N) is 1. The Kier molecular flexibility index (Phi) is 9.22. The predicted octanol–water partition coefficient (Wildman–Crippen LogP) is 1.27. The van der Waals surface area contributed by atoms with Crippen molar-refractivity contribution in [3.05, 3.63) is 0 Å². The Morgan fingerprint density at radius 3 is 2.04 bits per heavy atom. The molecule has 0 heterocycles. The summed E-state index contributed by atoms with van der Waals surface area (Å²) in [7, 11) is 0. The fourth-order valence-electron chi connectivity index (χ4n) is 1.50. The van der Waals surface area contributed by atoms with Crippen molar-refractivity contribution < 1.29 is 34.1 Å². The van der Waals surface area contributed by atoms with E-state index in [1.54, 1.807) is 41.5 Å². The van der Waals surface area contributed by atoms with E-state index in [-0.39, 0.29) is 25.3 Å². The third-order valence-corrected chi connectivity index (χ3v) is 2.44. The molecular weight excluding hydrogens is 346 g/mol. The van der Waals surface area contributed by atoms with E-state index in [4.69, 9.17) is 14.6 Å². The van der Waals surface area contributed by atoms with Gasteiger partial charge in [0, 0.05) is 0 Å². The van der Waals surface area contributed by atoms with Gasteiger partial charge in [-0.3, -0.25) is 5.32 Å². The van der Waals surface area contributed by atoms with Gasteiger partial charge >= 0.3 is 18.2 Å². The average Bonchev–Trinajstić information content (AvgIpc) is 2.38. The molecule has 0 rings (SSSR count). The molecule has 0 aliphatic rings. The molecule has 1 unspecified atom stereocenters. The van der Waals surface area contributed by atoms with Gasteiger partial charge in [0.25, 0.3) is 0 Å². The topological polar surface area (TPSA) is 147 Å². The number of carboxylic acid groups (broad SMARTS) is 1. The molecule has 1 atom stereocenters. The van der Waals surface area contributed by atoms with Crippen LogP contribution in [0.5, 0.6) is 0 Å². The molecule has 0 aromatic heterocycles. The van der Waals surface area contributed by atoms with Gasteiger partial charge < -0.3 is 25.0 Å². The summed E-state index contributed by atoms with van der Waals surface area (Å²) < 4.78 is 10.2. The quantitative estimate of drug-likeness (QED) is 0.308. The minimum absolute atomic E-state index is 0.0541. The lowest BCUT2D eigenvalue weighted by molar-refractivity contribution is -0.146. The molecule has 0 radical (unpaired) electrons. The van der Waals surface area contributed by atoms with Crippen LogP contribution in [0, 0.1) is 0 Å². The van der Waals surface area contributed by atoms with E-state index in [0.717, 1.165) is 0 Å². The first-order valence-electron chi connectivity index (χ1n) is 8.12. The summed E-state index contributed by atoms with van der Waals surface area (Å²) in [5.41, 5.74) is -1.49. The van der Waals surface area contributed by atoms with E-state index in [9.17, 15) is 19.5 Å². The van der Waals surface area contributed by atoms with E-state index >= 15 is 0 Å². The second-order valence-corrected chi connectivity index (χ2v) is 7.49. The lowest BCUT2D eigenvalue weighted by Crippen LogP contribution is -2.42. The van der Waals surface area contributed by atoms with Crippen molar-refractivity contribution in [3.63, 3.8) is 0 Å². The standard InChI is InChI=1S/C16H29N3O7/c1-15(2,3)25-13(23)18-11(19-14(24)26-16(4,5)6)9-17-8-7-10(20)12(21)22/h10,17,20H,7-9H2,1-6H3,(H,21,22)(H,18,19,23,24). The highest BCUT2D eigenvalue weighted by atomic mass is 16.6. The molecule has 0 saturated heterocycles. The Morgan fingerprint density at radius 2 is 1.58 bits per heavy atom. The van der Waals surface area contributed by atoms with Crippen molar-refractivity contribution >= 4 is 24.0 Å². The molecule has 0 aromatic carbocycles. The van der Waals surface area contributed by atoms with Gasteiger partial charge in [-0.2, -0.15) is 4.99 Å². The molecule has 150 valence electrons. The predicted molar refractivity (Wildman–Crippen MR) is 94.2 cm³/mol. The Balaban J connectivity index is 4.85. The number of amides is 2. The zero-order valence-corrected chi connectivity index (χ0v) is 16.1. The summed E-state index contributed by atoms with van der Waals surface area (Å²) >= 11 is 0. The number of hydrogen-bond donors (Lipinski definition) is 4. The van der Waals surface area contributed by atoms with E-state index in [2.05, 4.69) is 15.6 Å². The summed E-state index contributed by atoms with van der Waals surface area (Å²) in [6.45, 7) is 10.1. The normalized spacial score (nSPS) is 13.7. The summed E-state index contributed by atoms with van der Waals surface area (Å²) in [5, 5.41) is 22.9. The summed E-state index contributed by atoms with van der Waals surface area (Å²) in [6.07, 6.45) is -3.25. The number of alkyl carbamates (subject to hydrolysis) is 1. The first kappa shape index (κ1) is 23.8. The van der Waals surface area contributed by atoms with Gasteiger partial charge in [-0.25, -0.2) is 14.4 Å². The Morgan fingerprint density at radius 1 is 1.04 bits per heavy atom. The number of rotatable bonds is 6. The number of amidine groups is 1. The number of aliphatic hydroxyl groups excluding tert-OH is 1. The largest absolute Gasteiger partial charge is 0.479 e. The summed E-state index contributed by atoms with van der Waals surface area (Å²) in [6, 6.07) is 0. The maximum absolute atomic E-state index is 11.9. The van der Waals surface area contributed by atoms with Gasteiger partial charge in [-0.15, -0.1) is 0 Å². The Labute approximate surface area is 153 Å². The summed E-state index contributed by atoms with van der Waals surface area (Å²) in [4.78, 5) is 37.9. The van der Waals surface area contributed by atoms with Crippen molar-refractivity contribution in [1.82, 2.24) is 10.6 Å². The molecule has 26 heavy (non-hydrogen) atoms. The maximum Gasteiger partial charge on any atom is 0.435 e. The van der Waals surface area contributed by atoms with Crippen molar-refractivity contribution in [1.29, 1.82) is 0 Å². The maximum atomic E-state index is 11.9. The average molecular weight is 375 g/mol. The van der Waals surface area contributed by atoms with Gasteiger partial charge in [0.2, 0.25) is 0 Å². The van der Waals surface area contributed by atoms with Crippen LogP contribution in [-0.2, 0) is 14.3 Å². The second kappa shape index (κ2) is 10.1. The third-order valence-electron chi connectivity index (χ3n) is 2.44. The lowest BCUT2D eigenvalue weighted by atomic mass is 10.2. The molecule has 10 nitrogen and oxygen atoms in total. The molecule has 2 amide bonds. The minimum Gasteiger partial charge on any atom is -0.479 e. The third kappa shape index (κ3) is 13.1. The number of carboxylic acids is 1. The monoisotopic (exact) mass is 375 g/mol. The first-order chi connectivity index (χ1) is 11.7. The van der Waals surface area contributed by atoms with Crippen LogP contribution in [0.2, 0.25) is 0 Å². The van der Waals surface area contributed by atoms with Gasteiger partial charge in [-0.05, 0) is 54.5 Å². The van der Waals surface area contributed by atoms with Crippen molar-refractivity contribution in [2.75, 3.05) is 13.1 Å². The molecular formula is C16H29N3O7. The van der Waals surface area contributed by atoms with Gasteiger partial charge in [0.1, 0.15) is 17.0 Å². The zero-order chi connectivity index (χ0) is 20.5. The molecule has 0 aliphatic heterocycles. The van der Waals surface area contributed by atoms with Crippen LogP contribution in [0.25, 0.3) is 0 Å². The second-order valence-electron chi connectivity index (χ2n) is 7.49. The van der Waals surface area contributed by atoms with Crippen LogP contribution in [0.1, 0.15) is 48.0 Å². The highest BCUT2D eigenvalue weighted by Gasteiger charge is 2.20. The van der Waals surface area contributed by atoms with E-state index < -0.39 is 35.5 Å². The fourth-order valence-corrected chi connectivity index (χ4v) is 1.50. The van der Waals surface area contributed by atoms with Crippen LogP contribution in [0.3, 0.4) is 0 Å². The molecule has 0 bridgehead atoms. The van der Waals surface area contributed by atoms with Gasteiger partial charge in [0.05, 0.1) is 6.54 Å². The number of hydrogen-bond acceptors (Lipinski definition) is 7. The number of aliphatic hydroxyl groups is 1. The minimum atomic E-state index is -1.51. The van der Waals surface area contributed by atoms with Crippen molar-refractivity contribution in [2.24, 2.45) is 4.99 Å². The smallest absolute Gasteiger partial charge is 0.435 e. The van der Waals surface area contributed by atoms with E-state index in [1.165, 1.54) is 0 Å². The fraction of sp³-hybridized carbons (Fsp3) is 0.750. The summed E-state index contributed by atoms with van der Waals surface area (Å²) in [5.74, 6) is -1.39. The van der Waals surface area contributed by atoms with Crippen molar-refractivity contribution in [2.45, 2.75) is 65.3 Å². The van der Waals surface area contributed by atoms with E-state index in [1.807, 2.05) is 0 Å². The molecule has 0 aromatic rings. The molecule has 4 N–H and O–H groups in total. The number of carbonyl (C=O) groups is 3. The number of nitrogens with one attached hydrogen (secondary N) is 2. The zero-order valence-electron chi connectivity index (χ0n) is 16.1. The number of aliphatic imine (C=N–C) groups is 1.